The van der Waals surface area contributed by atoms with Gasteiger partial charge in [0, 0.05) is 6.54 Å². The third-order valence-corrected chi connectivity index (χ3v) is 5.01. The van der Waals surface area contributed by atoms with Gasteiger partial charge in [0.1, 0.15) is 17.9 Å². The maximum atomic E-state index is 12.9. The highest BCUT2D eigenvalue weighted by atomic mass is 32.1. The summed E-state index contributed by atoms with van der Waals surface area (Å²) < 4.78 is 12.9. The first-order valence-corrected chi connectivity index (χ1v) is 9.02. The molecule has 2 aromatic rings. The minimum absolute atomic E-state index is 0.315. The van der Waals surface area contributed by atoms with E-state index < -0.39 is 23.4 Å². The molecule has 1 unspecified atom stereocenters. The van der Waals surface area contributed by atoms with E-state index in [0.29, 0.717) is 18.5 Å². The molecule has 1 aliphatic heterocycles. The van der Waals surface area contributed by atoms with Crippen molar-refractivity contribution in [2.24, 2.45) is 0 Å². The van der Waals surface area contributed by atoms with E-state index in [0.717, 1.165) is 10.5 Å². The topological polar surface area (TPSA) is 78.5 Å². The normalized spacial score (nSPS) is 19.5. The minimum Gasteiger partial charge on any atom is -0.354 e. The molecule has 136 valence electrons. The molecule has 1 fully saturated rings. The second-order valence-corrected chi connectivity index (χ2v) is 6.96. The van der Waals surface area contributed by atoms with Gasteiger partial charge in [0.25, 0.3) is 5.91 Å². The zero-order valence-electron chi connectivity index (χ0n) is 14.1. The van der Waals surface area contributed by atoms with Crippen molar-refractivity contribution in [2.45, 2.75) is 18.9 Å². The maximum absolute atomic E-state index is 12.9. The van der Waals surface area contributed by atoms with Crippen molar-refractivity contribution in [1.29, 1.82) is 0 Å². The Hall–Kier alpha value is -2.74. The second-order valence-electron chi connectivity index (χ2n) is 6.18. The molecule has 3 rings (SSSR count). The van der Waals surface area contributed by atoms with Gasteiger partial charge in [-0.25, -0.2) is 9.18 Å². The number of urea groups is 1. The van der Waals surface area contributed by atoms with Crippen molar-refractivity contribution < 1.29 is 18.8 Å². The molecule has 0 aliphatic carbocycles. The fourth-order valence-electron chi connectivity index (χ4n) is 2.78. The van der Waals surface area contributed by atoms with Crippen LogP contribution in [0.3, 0.4) is 0 Å². The van der Waals surface area contributed by atoms with Crippen LogP contribution in [0.4, 0.5) is 9.18 Å². The van der Waals surface area contributed by atoms with Gasteiger partial charge in [0.05, 0.1) is 0 Å². The number of hydrogen-bond acceptors (Lipinski definition) is 4. The highest BCUT2D eigenvalue weighted by Crippen LogP contribution is 2.29. The number of halogens is 1. The lowest BCUT2D eigenvalue weighted by molar-refractivity contribution is -0.134. The molecule has 1 atom stereocenters. The number of nitrogens with zero attached hydrogens (tertiary/aromatic N) is 1. The molecule has 1 saturated heterocycles. The molecule has 0 saturated carbocycles. The van der Waals surface area contributed by atoms with Crippen LogP contribution in [0.1, 0.15) is 18.1 Å². The maximum Gasteiger partial charge on any atom is 0.325 e. The standard InChI is InChI=1S/C18H18FN3O3S/c1-18(13-7-9-26-11-13)16(24)22(17(25)21-18)10-15(23)20-8-6-12-2-4-14(19)5-3-12/h2-5,7,9,11H,6,8,10H2,1H3,(H,20,23)(H,21,25). The van der Waals surface area contributed by atoms with Gasteiger partial charge < -0.3 is 10.6 Å². The first-order chi connectivity index (χ1) is 12.4. The summed E-state index contributed by atoms with van der Waals surface area (Å²) in [4.78, 5) is 37.8. The molecule has 0 radical (unpaired) electrons. The molecular weight excluding hydrogens is 357 g/mol. The predicted molar refractivity (Wildman–Crippen MR) is 95.0 cm³/mol. The molecule has 26 heavy (non-hydrogen) atoms. The lowest BCUT2D eigenvalue weighted by Gasteiger charge is -2.20. The van der Waals surface area contributed by atoms with Gasteiger partial charge in [-0.3, -0.25) is 14.5 Å². The molecule has 0 spiro atoms. The van der Waals surface area contributed by atoms with E-state index >= 15 is 0 Å². The number of nitrogens with one attached hydrogen (secondary N) is 2. The van der Waals surface area contributed by atoms with Gasteiger partial charge in [-0.05, 0) is 53.4 Å². The van der Waals surface area contributed by atoms with E-state index in [-0.39, 0.29) is 12.4 Å². The molecule has 8 heteroatoms. The van der Waals surface area contributed by atoms with Gasteiger partial charge in [0.2, 0.25) is 5.91 Å². The molecule has 1 aromatic carbocycles. The first-order valence-electron chi connectivity index (χ1n) is 8.08. The molecular formula is C18H18FN3O3S. The summed E-state index contributed by atoms with van der Waals surface area (Å²) in [5, 5.41) is 8.95. The Balaban J connectivity index is 1.55. The van der Waals surface area contributed by atoms with Gasteiger partial charge >= 0.3 is 6.03 Å². The van der Waals surface area contributed by atoms with Crippen molar-refractivity contribution in [2.75, 3.05) is 13.1 Å². The second kappa shape index (κ2) is 7.25. The fourth-order valence-corrected chi connectivity index (χ4v) is 3.55. The lowest BCUT2D eigenvalue weighted by atomic mass is 9.95. The van der Waals surface area contributed by atoms with E-state index in [2.05, 4.69) is 10.6 Å². The number of carbonyl (C=O) groups excluding carboxylic acids is 3. The summed E-state index contributed by atoms with van der Waals surface area (Å²) >= 11 is 1.43. The Morgan fingerprint density at radius 1 is 1.27 bits per heavy atom. The van der Waals surface area contributed by atoms with E-state index in [9.17, 15) is 18.8 Å². The third-order valence-electron chi connectivity index (χ3n) is 4.32. The van der Waals surface area contributed by atoms with Crippen molar-refractivity contribution in [3.8, 4) is 0 Å². The monoisotopic (exact) mass is 375 g/mol. The molecule has 2 N–H and O–H groups in total. The smallest absolute Gasteiger partial charge is 0.325 e. The molecule has 0 bridgehead atoms. The van der Waals surface area contributed by atoms with E-state index in [1.807, 2.05) is 5.38 Å². The Morgan fingerprint density at radius 3 is 2.65 bits per heavy atom. The van der Waals surface area contributed by atoms with Crippen LogP contribution in [0.2, 0.25) is 0 Å². The van der Waals surface area contributed by atoms with Crippen LogP contribution in [0.25, 0.3) is 0 Å². The highest BCUT2D eigenvalue weighted by Gasteiger charge is 2.49. The SMILES string of the molecule is CC1(c2ccsc2)NC(=O)N(CC(=O)NCCc2ccc(F)cc2)C1=O. The molecule has 1 aromatic heterocycles. The van der Waals surface area contributed by atoms with Crippen molar-refractivity contribution >= 4 is 29.2 Å². The number of amides is 4. The average molecular weight is 375 g/mol. The fraction of sp³-hybridized carbons (Fsp3) is 0.278. The average Bonchev–Trinajstić information content (AvgIpc) is 3.21. The summed E-state index contributed by atoms with van der Waals surface area (Å²) in [5.41, 5.74) is 0.428. The van der Waals surface area contributed by atoms with Crippen molar-refractivity contribution in [3.05, 3.63) is 58.0 Å². The van der Waals surface area contributed by atoms with Crippen LogP contribution in [-0.2, 0) is 21.5 Å². The first kappa shape index (κ1) is 18.1. The van der Waals surface area contributed by atoms with Crippen LogP contribution in [-0.4, -0.2) is 35.8 Å². The molecule has 4 amide bonds. The largest absolute Gasteiger partial charge is 0.354 e. The Kier molecular flexibility index (Phi) is 5.03. The Labute approximate surface area is 154 Å². The molecule has 1 aliphatic rings. The number of imide groups is 1. The van der Waals surface area contributed by atoms with Crippen LogP contribution in [0.5, 0.6) is 0 Å². The number of rotatable bonds is 6. The number of hydrogen-bond donors (Lipinski definition) is 2. The van der Waals surface area contributed by atoms with Crippen molar-refractivity contribution in [1.82, 2.24) is 15.5 Å². The van der Waals surface area contributed by atoms with Gasteiger partial charge in [-0.2, -0.15) is 11.3 Å². The van der Waals surface area contributed by atoms with Gasteiger partial charge in [-0.1, -0.05) is 12.1 Å². The number of carbonyl (C=O) groups is 3. The summed E-state index contributed by atoms with van der Waals surface area (Å²) in [6.07, 6.45) is 0.527. The summed E-state index contributed by atoms with van der Waals surface area (Å²) in [5.74, 6) is -1.19. The van der Waals surface area contributed by atoms with Crippen LogP contribution < -0.4 is 10.6 Å². The van der Waals surface area contributed by atoms with E-state index in [1.165, 1.54) is 23.5 Å². The summed E-state index contributed by atoms with van der Waals surface area (Å²) in [7, 11) is 0. The molecule has 2 heterocycles. The van der Waals surface area contributed by atoms with Crippen LogP contribution >= 0.6 is 11.3 Å². The quantitative estimate of drug-likeness (QED) is 0.758. The zero-order chi connectivity index (χ0) is 18.7. The minimum atomic E-state index is -1.15. The summed E-state index contributed by atoms with van der Waals surface area (Å²) in [6.45, 7) is 1.62. The third kappa shape index (κ3) is 3.60. The van der Waals surface area contributed by atoms with Crippen molar-refractivity contribution in [3.63, 3.8) is 0 Å². The number of benzene rings is 1. The zero-order valence-corrected chi connectivity index (χ0v) is 14.9. The van der Waals surface area contributed by atoms with Gasteiger partial charge in [-0.15, -0.1) is 0 Å². The number of thiophene rings is 1. The summed E-state index contributed by atoms with van der Waals surface area (Å²) in [6, 6.07) is 7.19. The van der Waals surface area contributed by atoms with Crippen LogP contribution in [0, 0.1) is 5.82 Å². The molecule has 6 nitrogen and oxygen atoms in total. The van der Waals surface area contributed by atoms with Crippen LogP contribution in [0.15, 0.2) is 41.1 Å². The van der Waals surface area contributed by atoms with E-state index in [4.69, 9.17) is 0 Å². The Morgan fingerprint density at radius 2 is 2.00 bits per heavy atom. The Bertz CT molecular complexity index is 823. The van der Waals surface area contributed by atoms with Gasteiger partial charge in [0.15, 0.2) is 0 Å². The predicted octanol–water partition coefficient (Wildman–Crippen LogP) is 2.01. The van der Waals surface area contributed by atoms with E-state index in [1.54, 1.807) is 30.5 Å². The lowest BCUT2D eigenvalue weighted by Crippen LogP contribution is -2.43. The highest BCUT2D eigenvalue weighted by molar-refractivity contribution is 7.08.